The van der Waals surface area contributed by atoms with Gasteiger partial charge in [-0.1, -0.05) is 25.5 Å². The molecule has 4 rings (SSSR count). The summed E-state index contributed by atoms with van der Waals surface area (Å²) in [6, 6.07) is 9.31. The zero-order valence-corrected chi connectivity index (χ0v) is 20.8. The first kappa shape index (κ1) is 24.7. The van der Waals surface area contributed by atoms with Crippen LogP contribution in [0.3, 0.4) is 0 Å². The highest BCUT2D eigenvalue weighted by atomic mass is 32.2. The van der Waals surface area contributed by atoms with E-state index in [9.17, 15) is 13.2 Å². The molecule has 1 saturated heterocycles. The van der Waals surface area contributed by atoms with Crippen LogP contribution in [0.4, 0.5) is 0 Å². The number of carbonyl (C=O) groups excluding carboxylic acids is 1. The highest BCUT2D eigenvalue weighted by Crippen LogP contribution is 2.28. The minimum absolute atomic E-state index is 0.0470. The number of rotatable bonds is 9. The number of nitrogens with one attached hydrogen (secondary N) is 1. The number of aromatic nitrogens is 1. The van der Waals surface area contributed by atoms with Gasteiger partial charge in [0.15, 0.2) is 0 Å². The van der Waals surface area contributed by atoms with Crippen molar-refractivity contribution in [2.75, 3.05) is 19.7 Å². The van der Waals surface area contributed by atoms with Crippen molar-refractivity contribution in [3.05, 3.63) is 53.2 Å². The molecule has 1 aliphatic carbocycles. The van der Waals surface area contributed by atoms with Gasteiger partial charge in [0.05, 0.1) is 11.5 Å². The third kappa shape index (κ3) is 5.78. The number of fused-ring (bicyclic) bond motifs is 1. The number of piperidine rings is 1. The zero-order valence-electron chi connectivity index (χ0n) is 20.0. The van der Waals surface area contributed by atoms with Crippen molar-refractivity contribution in [2.45, 2.75) is 69.7 Å². The van der Waals surface area contributed by atoms with Gasteiger partial charge in [0.1, 0.15) is 0 Å². The molecule has 34 heavy (non-hydrogen) atoms. The highest BCUT2D eigenvalue weighted by Gasteiger charge is 2.32. The smallest absolute Gasteiger partial charge is 0.243 e. The van der Waals surface area contributed by atoms with Gasteiger partial charge in [-0.2, -0.15) is 4.31 Å². The van der Waals surface area contributed by atoms with Crippen molar-refractivity contribution >= 4 is 15.9 Å². The second kappa shape index (κ2) is 11.3. The molecule has 7 nitrogen and oxygen atoms in total. The van der Waals surface area contributed by atoms with Crippen molar-refractivity contribution in [1.82, 2.24) is 14.6 Å². The number of aryl methyl sites for hydroxylation is 2. The maximum atomic E-state index is 13.2. The van der Waals surface area contributed by atoms with Crippen molar-refractivity contribution in [1.29, 1.82) is 0 Å². The van der Waals surface area contributed by atoms with Gasteiger partial charge in [0.2, 0.25) is 21.8 Å². The number of sulfonamides is 1. The standard InChI is InChI=1S/C26H35N3O4S/c1-2-3-17-33-26-23(9-6-14-27-26)19-28-25(30)21-12-15-29(16-13-21)34(31,32)24-11-10-20-7-4-5-8-22(20)18-24/h6,9-11,14,18,21H,2-5,7-8,12-13,15-17,19H2,1H3,(H,28,30). The van der Waals surface area contributed by atoms with Crippen LogP contribution in [0.15, 0.2) is 41.4 Å². The van der Waals surface area contributed by atoms with E-state index in [0.717, 1.165) is 43.2 Å². The molecule has 0 radical (unpaired) electrons. The van der Waals surface area contributed by atoms with E-state index in [1.807, 2.05) is 24.3 Å². The fourth-order valence-electron chi connectivity index (χ4n) is 4.71. The molecule has 1 aromatic heterocycles. The maximum Gasteiger partial charge on any atom is 0.243 e. The molecule has 1 aromatic carbocycles. The van der Waals surface area contributed by atoms with E-state index in [-0.39, 0.29) is 11.8 Å². The lowest BCUT2D eigenvalue weighted by Gasteiger charge is -2.31. The van der Waals surface area contributed by atoms with Crippen molar-refractivity contribution in [2.24, 2.45) is 5.92 Å². The third-order valence-corrected chi connectivity index (χ3v) is 8.72. The summed E-state index contributed by atoms with van der Waals surface area (Å²) >= 11 is 0. The number of ether oxygens (including phenoxy) is 1. The lowest BCUT2D eigenvalue weighted by Crippen LogP contribution is -2.42. The van der Waals surface area contributed by atoms with Gasteiger partial charge in [-0.25, -0.2) is 13.4 Å². The predicted molar refractivity (Wildman–Crippen MR) is 131 cm³/mol. The second-order valence-electron chi connectivity index (χ2n) is 9.20. The van der Waals surface area contributed by atoms with Gasteiger partial charge >= 0.3 is 0 Å². The number of benzene rings is 1. The summed E-state index contributed by atoms with van der Waals surface area (Å²) in [6.45, 7) is 3.77. The molecule has 0 spiro atoms. The summed E-state index contributed by atoms with van der Waals surface area (Å²) in [6.07, 6.45) is 8.97. The zero-order chi connectivity index (χ0) is 24.0. The van der Waals surface area contributed by atoms with E-state index >= 15 is 0 Å². The number of amides is 1. The first-order valence-electron chi connectivity index (χ1n) is 12.5. The fraction of sp³-hybridized carbons (Fsp3) is 0.538. The molecule has 184 valence electrons. The molecule has 2 aromatic rings. The van der Waals surface area contributed by atoms with Gasteiger partial charge in [0.25, 0.3) is 0 Å². The van der Waals surface area contributed by atoms with Crippen LogP contribution in [-0.4, -0.2) is 43.3 Å². The molecule has 2 heterocycles. The molecule has 1 N–H and O–H groups in total. The number of pyridine rings is 1. The highest BCUT2D eigenvalue weighted by molar-refractivity contribution is 7.89. The monoisotopic (exact) mass is 485 g/mol. The number of nitrogens with zero attached hydrogens (tertiary/aromatic N) is 2. The quantitative estimate of drug-likeness (QED) is 0.545. The summed E-state index contributed by atoms with van der Waals surface area (Å²) < 4.78 is 33.7. The Balaban J connectivity index is 1.31. The molecule has 1 aliphatic heterocycles. The van der Waals surface area contributed by atoms with E-state index in [4.69, 9.17) is 4.74 Å². The molecule has 2 aliphatic rings. The van der Waals surface area contributed by atoms with E-state index < -0.39 is 10.0 Å². The first-order chi connectivity index (χ1) is 16.5. The van der Waals surface area contributed by atoms with Gasteiger partial charge in [0, 0.05) is 37.3 Å². The molecular formula is C26H35N3O4S. The van der Waals surface area contributed by atoms with Crippen LogP contribution < -0.4 is 10.1 Å². The Kier molecular flexibility index (Phi) is 8.21. The molecule has 0 unspecified atom stereocenters. The number of carbonyl (C=O) groups is 1. The molecular weight excluding hydrogens is 450 g/mol. The van der Waals surface area contributed by atoms with Crippen molar-refractivity contribution in [3.63, 3.8) is 0 Å². The normalized spacial score (nSPS) is 17.2. The van der Waals surface area contributed by atoms with Crippen LogP contribution in [0.5, 0.6) is 5.88 Å². The van der Waals surface area contributed by atoms with E-state index in [1.54, 1.807) is 12.3 Å². The Bertz CT molecular complexity index is 1090. The van der Waals surface area contributed by atoms with E-state index in [0.29, 0.717) is 49.9 Å². The van der Waals surface area contributed by atoms with E-state index in [1.165, 1.54) is 16.3 Å². The number of unbranched alkanes of at least 4 members (excludes halogenated alkanes) is 1. The summed E-state index contributed by atoms with van der Waals surface area (Å²) in [5.41, 5.74) is 3.28. The Morgan fingerprint density at radius 1 is 1.15 bits per heavy atom. The minimum atomic E-state index is -3.54. The average molecular weight is 486 g/mol. The van der Waals surface area contributed by atoms with Gasteiger partial charge in [-0.3, -0.25) is 4.79 Å². The molecule has 8 heteroatoms. The largest absolute Gasteiger partial charge is 0.477 e. The molecule has 0 saturated carbocycles. The lowest BCUT2D eigenvalue weighted by atomic mass is 9.92. The minimum Gasteiger partial charge on any atom is -0.477 e. The van der Waals surface area contributed by atoms with Gasteiger partial charge in [-0.15, -0.1) is 0 Å². The maximum absolute atomic E-state index is 13.2. The van der Waals surface area contributed by atoms with Gasteiger partial charge in [-0.05, 0) is 74.3 Å². The third-order valence-electron chi connectivity index (χ3n) is 6.82. The predicted octanol–water partition coefficient (Wildman–Crippen LogP) is 3.86. The molecule has 1 fully saturated rings. The summed E-state index contributed by atoms with van der Waals surface area (Å²) in [5.74, 6) is 0.313. The van der Waals surface area contributed by atoms with Crippen LogP contribution >= 0.6 is 0 Å². The van der Waals surface area contributed by atoms with Crippen LogP contribution in [0.2, 0.25) is 0 Å². The first-order valence-corrected chi connectivity index (χ1v) is 13.9. The topological polar surface area (TPSA) is 88.6 Å². The summed E-state index contributed by atoms with van der Waals surface area (Å²) in [5, 5.41) is 2.99. The number of hydrogen-bond donors (Lipinski definition) is 1. The summed E-state index contributed by atoms with van der Waals surface area (Å²) in [4.78, 5) is 17.5. The Morgan fingerprint density at radius 3 is 2.68 bits per heavy atom. The number of hydrogen-bond acceptors (Lipinski definition) is 5. The SMILES string of the molecule is CCCCOc1ncccc1CNC(=O)C1CCN(S(=O)(=O)c2ccc3c(c2)CCCC3)CC1. The Hall–Kier alpha value is -2.45. The molecule has 0 atom stereocenters. The molecule has 1 amide bonds. The summed E-state index contributed by atoms with van der Waals surface area (Å²) in [7, 11) is -3.54. The second-order valence-corrected chi connectivity index (χ2v) is 11.1. The van der Waals surface area contributed by atoms with Crippen LogP contribution in [0.1, 0.15) is 62.1 Å². The van der Waals surface area contributed by atoms with E-state index in [2.05, 4.69) is 17.2 Å². The van der Waals surface area contributed by atoms with Crippen molar-refractivity contribution in [3.8, 4) is 5.88 Å². The lowest BCUT2D eigenvalue weighted by molar-refractivity contribution is -0.126. The van der Waals surface area contributed by atoms with Crippen LogP contribution in [0, 0.1) is 5.92 Å². The fourth-order valence-corrected chi connectivity index (χ4v) is 6.23. The van der Waals surface area contributed by atoms with Gasteiger partial charge < -0.3 is 10.1 Å². The Labute approximate surface area is 203 Å². The Morgan fingerprint density at radius 2 is 1.91 bits per heavy atom. The van der Waals surface area contributed by atoms with Crippen molar-refractivity contribution < 1.29 is 17.9 Å². The van der Waals surface area contributed by atoms with Crippen LogP contribution in [-0.2, 0) is 34.2 Å². The van der Waals surface area contributed by atoms with Crippen LogP contribution in [0.25, 0.3) is 0 Å². The molecule has 0 bridgehead atoms. The average Bonchev–Trinajstić information content (AvgIpc) is 2.88.